The van der Waals surface area contributed by atoms with E-state index in [1.54, 1.807) is 10.9 Å². The maximum atomic E-state index is 13.5. The Bertz CT molecular complexity index is 1020. The fourth-order valence-electron chi connectivity index (χ4n) is 4.01. The average Bonchev–Trinajstić information content (AvgIpc) is 3.14. The molecule has 28 heavy (non-hydrogen) atoms. The fourth-order valence-corrected chi connectivity index (χ4v) is 4.01. The second-order valence-corrected chi connectivity index (χ2v) is 7.72. The van der Waals surface area contributed by atoms with Crippen LogP contribution in [0.1, 0.15) is 29.3 Å². The molecule has 1 atom stereocenters. The SMILES string of the molecule is CC[C@H]1CN(C(=O)c2cc(-c3cnn(C)c3)nc3c(C)cccc23)CCN1C. The highest BCUT2D eigenvalue weighted by atomic mass is 16.2. The van der Waals surface area contributed by atoms with E-state index >= 15 is 0 Å². The van der Waals surface area contributed by atoms with Crippen LogP contribution in [0.15, 0.2) is 36.7 Å². The normalized spacial score (nSPS) is 18.0. The van der Waals surface area contributed by atoms with Crippen LogP contribution in [0.25, 0.3) is 22.2 Å². The number of likely N-dealkylation sites (N-methyl/N-ethyl adjacent to an activating group) is 1. The van der Waals surface area contributed by atoms with Crippen molar-refractivity contribution in [2.75, 3.05) is 26.7 Å². The Hall–Kier alpha value is -2.73. The van der Waals surface area contributed by atoms with Gasteiger partial charge in [-0.05, 0) is 32.0 Å². The quantitative estimate of drug-likeness (QED) is 0.704. The molecular weight excluding hydrogens is 350 g/mol. The lowest BCUT2D eigenvalue weighted by Gasteiger charge is -2.39. The second-order valence-electron chi connectivity index (χ2n) is 7.72. The van der Waals surface area contributed by atoms with Gasteiger partial charge in [-0.1, -0.05) is 25.1 Å². The lowest BCUT2D eigenvalue weighted by Crippen LogP contribution is -2.53. The number of nitrogens with zero attached hydrogens (tertiary/aromatic N) is 5. The zero-order valence-corrected chi connectivity index (χ0v) is 17.0. The molecule has 1 fully saturated rings. The molecule has 3 aromatic rings. The number of pyridine rings is 1. The van der Waals surface area contributed by atoms with Crippen molar-refractivity contribution in [3.05, 3.63) is 47.8 Å². The van der Waals surface area contributed by atoms with Crippen LogP contribution in [0.2, 0.25) is 0 Å². The van der Waals surface area contributed by atoms with Crippen molar-refractivity contribution in [1.29, 1.82) is 0 Å². The van der Waals surface area contributed by atoms with E-state index in [9.17, 15) is 4.79 Å². The standard InChI is InChI=1S/C22H27N5O/c1-5-17-14-27(10-9-25(17)3)22(28)19-11-20(16-12-23-26(4)13-16)24-21-15(2)7-6-8-18(19)21/h6-8,11-13,17H,5,9-10,14H2,1-4H3/t17-/m0/s1. The molecule has 6 nitrogen and oxygen atoms in total. The average molecular weight is 377 g/mol. The van der Waals surface area contributed by atoms with E-state index in [0.29, 0.717) is 6.04 Å². The zero-order valence-electron chi connectivity index (χ0n) is 17.0. The van der Waals surface area contributed by atoms with Crippen LogP contribution in [0.3, 0.4) is 0 Å². The molecule has 1 aliphatic heterocycles. The predicted octanol–water partition coefficient (Wildman–Crippen LogP) is 3.11. The number of benzene rings is 1. The highest BCUT2D eigenvalue weighted by molar-refractivity contribution is 6.07. The molecule has 146 valence electrons. The van der Waals surface area contributed by atoms with Gasteiger partial charge in [0.1, 0.15) is 0 Å². The summed E-state index contributed by atoms with van der Waals surface area (Å²) in [6.07, 6.45) is 4.77. The Kier molecular flexibility index (Phi) is 4.89. The van der Waals surface area contributed by atoms with Crippen molar-refractivity contribution in [3.8, 4) is 11.3 Å². The van der Waals surface area contributed by atoms with Crippen LogP contribution < -0.4 is 0 Å². The summed E-state index contributed by atoms with van der Waals surface area (Å²) in [5.41, 5.74) is 4.40. The van der Waals surface area contributed by atoms with Gasteiger partial charge in [0, 0.05) is 49.9 Å². The first-order chi connectivity index (χ1) is 13.5. The minimum absolute atomic E-state index is 0.0923. The summed E-state index contributed by atoms with van der Waals surface area (Å²) in [6, 6.07) is 8.38. The first-order valence-electron chi connectivity index (χ1n) is 9.86. The Morgan fingerprint density at radius 3 is 2.79 bits per heavy atom. The summed E-state index contributed by atoms with van der Waals surface area (Å²) < 4.78 is 1.76. The van der Waals surface area contributed by atoms with E-state index < -0.39 is 0 Å². The van der Waals surface area contributed by atoms with Crippen molar-refractivity contribution >= 4 is 16.8 Å². The molecule has 0 unspecified atom stereocenters. The molecule has 4 rings (SSSR count). The van der Waals surface area contributed by atoms with Crippen LogP contribution in [0, 0.1) is 6.92 Å². The summed E-state index contributed by atoms with van der Waals surface area (Å²) in [6.45, 7) is 6.65. The zero-order chi connectivity index (χ0) is 19.8. The molecule has 6 heteroatoms. The van der Waals surface area contributed by atoms with Crippen molar-refractivity contribution in [3.63, 3.8) is 0 Å². The Balaban J connectivity index is 1.81. The maximum absolute atomic E-state index is 13.5. The lowest BCUT2D eigenvalue weighted by atomic mass is 10.0. The van der Waals surface area contributed by atoms with Gasteiger partial charge in [0.25, 0.3) is 5.91 Å². The van der Waals surface area contributed by atoms with Crippen LogP contribution in [-0.4, -0.2) is 63.2 Å². The minimum atomic E-state index is 0.0923. The van der Waals surface area contributed by atoms with Gasteiger partial charge in [0.2, 0.25) is 0 Å². The number of carbonyl (C=O) groups is 1. The third-order valence-electron chi connectivity index (χ3n) is 5.81. The van der Waals surface area contributed by atoms with Crippen LogP contribution in [0.4, 0.5) is 0 Å². The van der Waals surface area contributed by atoms with Crippen LogP contribution in [-0.2, 0) is 7.05 Å². The molecular formula is C22H27N5O. The highest BCUT2D eigenvalue weighted by Crippen LogP contribution is 2.28. The second kappa shape index (κ2) is 7.36. The molecule has 0 saturated carbocycles. The van der Waals surface area contributed by atoms with E-state index in [-0.39, 0.29) is 5.91 Å². The monoisotopic (exact) mass is 377 g/mol. The summed E-state index contributed by atoms with van der Waals surface area (Å²) in [4.78, 5) is 22.7. The number of fused-ring (bicyclic) bond motifs is 1. The van der Waals surface area contributed by atoms with Gasteiger partial charge in [0.05, 0.1) is 23.0 Å². The first-order valence-corrected chi connectivity index (χ1v) is 9.86. The number of amides is 1. The van der Waals surface area contributed by atoms with Gasteiger partial charge in [-0.2, -0.15) is 5.10 Å². The molecule has 1 saturated heterocycles. The number of rotatable bonds is 3. The molecule has 1 aliphatic rings. The first kappa shape index (κ1) is 18.6. The highest BCUT2D eigenvalue weighted by Gasteiger charge is 2.28. The van der Waals surface area contributed by atoms with E-state index in [1.165, 1.54) is 0 Å². The molecule has 0 N–H and O–H groups in total. The Labute approximate surface area is 165 Å². The van der Waals surface area contributed by atoms with Gasteiger partial charge in [-0.15, -0.1) is 0 Å². The predicted molar refractivity (Wildman–Crippen MR) is 111 cm³/mol. The lowest BCUT2D eigenvalue weighted by molar-refractivity contribution is 0.0543. The number of aryl methyl sites for hydroxylation is 2. The van der Waals surface area contributed by atoms with Gasteiger partial charge < -0.3 is 4.90 Å². The smallest absolute Gasteiger partial charge is 0.254 e. The molecule has 1 amide bonds. The molecule has 0 radical (unpaired) electrons. The minimum Gasteiger partial charge on any atom is -0.336 e. The van der Waals surface area contributed by atoms with Gasteiger partial charge in [-0.25, -0.2) is 4.98 Å². The van der Waals surface area contributed by atoms with E-state index in [0.717, 1.165) is 59.3 Å². The topological polar surface area (TPSA) is 54.3 Å². The number of carbonyl (C=O) groups excluding carboxylic acids is 1. The number of para-hydroxylation sites is 1. The fraction of sp³-hybridized carbons (Fsp3) is 0.409. The summed E-state index contributed by atoms with van der Waals surface area (Å²) in [5, 5.41) is 5.19. The summed E-state index contributed by atoms with van der Waals surface area (Å²) >= 11 is 0. The number of hydrogen-bond donors (Lipinski definition) is 0. The van der Waals surface area contributed by atoms with Gasteiger partial charge in [-0.3, -0.25) is 14.4 Å². The largest absolute Gasteiger partial charge is 0.336 e. The third kappa shape index (κ3) is 3.29. The number of aromatic nitrogens is 3. The molecule has 0 spiro atoms. The molecule has 0 bridgehead atoms. The van der Waals surface area contributed by atoms with Crippen molar-refractivity contribution in [1.82, 2.24) is 24.6 Å². The van der Waals surface area contributed by atoms with Crippen LogP contribution in [0.5, 0.6) is 0 Å². The van der Waals surface area contributed by atoms with Gasteiger partial charge in [0.15, 0.2) is 0 Å². The maximum Gasteiger partial charge on any atom is 0.254 e. The van der Waals surface area contributed by atoms with Crippen molar-refractivity contribution in [2.24, 2.45) is 7.05 Å². The summed E-state index contributed by atoms with van der Waals surface area (Å²) in [5.74, 6) is 0.0923. The Morgan fingerprint density at radius 1 is 1.25 bits per heavy atom. The van der Waals surface area contributed by atoms with E-state index in [4.69, 9.17) is 4.98 Å². The van der Waals surface area contributed by atoms with Crippen molar-refractivity contribution < 1.29 is 4.79 Å². The molecule has 1 aromatic carbocycles. The Morgan fingerprint density at radius 2 is 2.07 bits per heavy atom. The molecule has 2 aromatic heterocycles. The van der Waals surface area contributed by atoms with E-state index in [2.05, 4.69) is 24.0 Å². The molecule has 0 aliphatic carbocycles. The van der Waals surface area contributed by atoms with Crippen LogP contribution >= 0.6 is 0 Å². The number of hydrogen-bond acceptors (Lipinski definition) is 4. The third-order valence-corrected chi connectivity index (χ3v) is 5.81. The summed E-state index contributed by atoms with van der Waals surface area (Å²) in [7, 11) is 4.03. The van der Waals surface area contributed by atoms with E-state index in [1.807, 2.05) is 49.3 Å². The number of piperazine rings is 1. The van der Waals surface area contributed by atoms with Crippen molar-refractivity contribution in [2.45, 2.75) is 26.3 Å². The molecule has 3 heterocycles. The van der Waals surface area contributed by atoms with Gasteiger partial charge >= 0.3 is 0 Å².